The van der Waals surface area contributed by atoms with E-state index < -0.39 is 0 Å². The third-order valence-electron chi connectivity index (χ3n) is 3.57. The Morgan fingerprint density at radius 3 is 2.91 bits per heavy atom. The lowest BCUT2D eigenvalue weighted by molar-refractivity contribution is -0.139. The highest BCUT2D eigenvalue weighted by Gasteiger charge is 2.34. The van der Waals surface area contributed by atoms with Gasteiger partial charge in [-0.15, -0.1) is 0 Å². The average molecular weight is 322 g/mol. The summed E-state index contributed by atoms with van der Waals surface area (Å²) in [5, 5.41) is 0. The largest absolute Gasteiger partial charge is 0.369 e. The molecule has 2 heterocycles. The number of amides is 1. The van der Waals surface area contributed by atoms with Crippen molar-refractivity contribution in [1.82, 2.24) is 14.9 Å². The highest BCUT2D eigenvalue weighted by atomic mass is 16.6. The van der Waals surface area contributed by atoms with Gasteiger partial charge < -0.3 is 19.3 Å². The van der Waals surface area contributed by atoms with Crippen LogP contribution in [0.2, 0.25) is 0 Å². The van der Waals surface area contributed by atoms with Crippen LogP contribution in [-0.2, 0) is 14.3 Å². The Kier molecular flexibility index (Phi) is 5.54. The number of anilines is 1. The number of aromatic nitrogens is 2. The van der Waals surface area contributed by atoms with Gasteiger partial charge in [-0.1, -0.05) is 0 Å². The maximum absolute atomic E-state index is 11.6. The number of carbonyl (C=O) groups excluding carboxylic acids is 1. The first-order valence-electron chi connectivity index (χ1n) is 7.77. The maximum atomic E-state index is 11.6. The summed E-state index contributed by atoms with van der Waals surface area (Å²) in [6, 6.07) is 1.88. The van der Waals surface area contributed by atoms with E-state index in [1.54, 1.807) is 20.3 Å². The van der Waals surface area contributed by atoms with Crippen LogP contribution < -0.4 is 4.90 Å². The van der Waals surface area contributed by atoms with E-state index in [1.165, 1.54) is 4.90 Å². The molecular weight excluding hydrogens is 296 g/mol. The molecule has 7 heteroatoms. The Balaban J connectivity index is 1.97. The van der Waals surface area contributed by atoms with E-state index in [1.807, 2.05) is 26.8 Å². The van der Waals surface area contributed by atoms with Crippen LogP contribution in [-0.4, -0.2) is 72.9 Å². The zero-order valence-corrected chi connectivity index (χ0v) is 14.6. The fraction of sp³-hybridized carbons (Fsp3) is 0.688. The zero-order valence-electron chi connectivity index (χ0n) is 14.6. The van der Waals surface area contributed by atoms with E-state index in [0.29, 0.717) is 25.6 Å². The first kappa shape index (κ1) is 17.6. The van der Waals surface area contributed by atoms with Crippen molar-refractivity contribution in [1.29, 1.82) is 0 Å². The van der Waals surface area contributed by atoms with Gasteiger partial charge in [0.05, 0.1) is 18.3 Å². The Bertz CT molecular complexity index is 548. The molecule has 2 rings (SSSR count). The van der Waals surface area contributed by atoms with Crippen molar-refractivity contribution in [2.75, 3.05) is 45.3 Å². The van der Waals surface area contributed by atoms with Gasteiger partial charge in [0.25, 0.3) is 0 Å². The van der Waals surface area contributed by atoms with Gasteiger partial charge in [0.1, 0.15) is 6.61 Å². The van der Waals surface area contributed by atoms with Crippen molar-refractivity contribution in [2.45, 2.75) is 32.5 Å². The molecule has 128 valence electrons. The zero-order chi connectivity index (χ0) is 17.0. The van der Waals surface area contributed by atoms with Gasteiger partial charge in [0.2, 0.25) is 11.9 Å². The summed E-state index contributed by atoms with van der Waals surface area (Å²) in [4.78, 5) is 24.0. The summed E-state index contributed by atoms with van der Waals surface area (Å²) in [6.45, 7) is 7.80. The second kappa shape index (κ2) is 7.23. The lowest BCUT2D eigenvalue weighted by atomic mass is 10.1. The molecule has 0 aromatic carbocycles. The number of carbonyl (C=O) groups is 1. The highest BCUT2D eigenvalue weighted by Crippen LogP contribution is 2.24. The van der Waals surface area contributed by atoms with Crippen LogP contribution in [0.4, 0.5) is 5.95 Å². The average Bonchev–Trinajstić information content (AvgIpc) is 2.45. The highest BCUT2D eigenvalue weighted by molar-refractivity contribution is 5.76. The molecular formula is C16H26N4O3. The van der Waals surface area contributed by atoms with E-state index in [0.717, 1.165) is 5.69 Å². The predicted molar refractivity (Wildman–Crippen MR) is 87.4 cm³/mol. The maximum Gasteiger partial charge on any atom is 0.248 e. The van der Waals surface area contributed by atoms with E-state index in [-0.39, 0.29) is 24.2 Å². The Hall–Kier alpha value is -1.73. The van der Waals surface area contributed by atoms with Crippen molar-refractivity contribution >= 4 is 11.9 Å². The lowest BCUT2D eigenvalue weighted by Crippen LogP contribution is -2.54. The third-order valence-corrected chi connectivity index (χ3v) is 3.57. The molecule has 7 nitrogen and oxygen atoms in total. The van der Waals surface area contributed by atoms with Gasteiger partial charge in [-0.3, -0.25) is 4.79 Å². The minimum Gasteiger partial charge on any atom is -0.369 e. The smallest absolute Gasteiger partial charge is 0.248 e. The van der Waals surface area contributed by atoms with Gasteiger partial charge in [0, 0.05) is 39.1 Å². The van der Waals surface area contributed by atoms with Gasteiger partial charge >= 0.3 is 0 Å². The van der Waals surface area contributed by atoms with Crippen LogP contribution in [0.25, 0.3) is 0 Å². The Morgan fingerprint density at radius 2 is 2.26 bits per heavy atom. The van der Waals surface area contributed by atoms with Crippen molar-refractivity contribution < 1.29 is 14.3 Å². The van der Waals surface area contributed by atoms with Crippen molar-refractivity contribution in [3.63, 3.8) is 0 Å². The van der Waals surface area contributed by atoms with Crippen molar-refractivity contribution in [2.24, 2.45) is 0 Å². The third kappa shape index (κ3) is 5.14. The molecule has 1 aromatic heterocycles. The van der Waals surface area contributed by atoms with Crippen LogP contribution in [0, 0.1) is 6.92 Å². The quantitative estimate of drug-likeness (QED) is 0.801. The van der Waals surface area contributed by atoms with E-state index in [2.05, 4.69) is 14.9 Å². The Labute approximate surface area is 137 Å². The van der Waals surface area contributed by atoms with Gasteiger partial charge in [0.15, 0.2) is 0 Å². The van der Waals surface area contributed by atoms with Gasteiger partial charge in [-0.2, -0.15) is 0 Å². The number of hydrogen-bond acceptors (Lipinski definition) is 6. The number of hydrogen-bond donors (Lipinski definition) is 0. The molecule has 0 saturated carbocycles. The molecule has 0 unspecified atom stereocenters. The van der Waals surface area contributed by atoms with Gasteiger partial charge in [-0.25, -0.2) is 9.97 Å². The molecule has 0 spiro atoms. The number of likely N-dealkylation sites (N-methyl/N-ethyl adjacent to an activating group) is 1. The molecule has 1 aromatic rings. The fourth-order valence-corrected chi connectivity index (χ4v) is 2.53. The van der Waals surface area contributed by atoms with Crippen LogP contribution in [0.15, 0.2) is 12.3 Å². The number of aryl methyl sites for hydroxylation is 1. The molecule has 0 bridgehead atoms. The monoisotopic (exact) mass is 322 g/mol. The lowest BCUT2D eigenvalue weighted by Gasteiger charge is -2.42. The summed E-state index contributed by atoms with van der Waals surface area (Å²) in [6.07, 6.45) is 1.64. The van der Waals surface area contributed by atoms with E-state index in [4.69, 9.17) is 9.47 Å². The molecule has 0 N–H and O–H groups in total. The summed E-state index contributed by atoms with van der Waals surface area (Å²) in [7, 11) is 3.42. The molecule has 0 aliphatic carbocycles. The van der Waals surface area contributed by atoms with Crippen LogP contribution >= 0.6 is 0 Å². The number of nitrogens with zero attached hydrogens (tertiary/aromatic N) is 4. The first-order valence-corrected chi connectivity index (χ1v) is 7.77. The number of ether oxygens (including phenoxy) is 2. The molecule has 0 radical (unpaired) electrons. The van der Waals surface area contributed by atoms with Crippen molar-refractivity contribution in [3.8, 4) is 0 Å². The molecule has 1 atom stereocenters. The normalized spacial score (nSPS) is 20.4. The fourth-order valence-electron chi connectivity index (χ4n) is 2.53. The molecule has 1 amide bonds. The van der Waals surface area contributed by atoms with Crippen LogP contribution in [0.5, 0.6) is 0 Å². The molecule has 1 aliphatic rings. The summed E-state index contributed by atoms with van der Waals surface area (Å²) in [5.41, 5.74) is 0.606. The molecule has 23 heavy (non-hydrogen) atoms. The second-order valence-electron chi connectivity index (χ2n) is 6.68. The van der Waals surface area contributed by atoms with E-state index in [9.17, 15) is 4.79 Å². The summed E-state index contributed by atoms with van der Waals surface area (Å²) >= 11 is 0. The topological polar surface area (TPSA) is 67.8 Å². The van der Waals surface area contributed by atoms with Gasteiger partial charge in [-0.05, 0) is 26.8 Å². The summed E-state index contributed by atoms with van der Waals surface area (Å²) in [5.74, 6) is 0.648. The predicted octanol–water partition coefficient (Wildman–Crippen LogP) is 0.874. The standard InChI is InChI=1S/C16H26N4O3/c1-12-6-7-17-15(18-12)20-8-13(23-16(2,3)11-20)9-22-10-14(21)19(4)5/h6-7,13H,8-11H2,1-5H3/t13-/m1/s1. The van der Waals surface area contributed by atoms with Crippen LogP contribution in [0.1, 0.15) is 19.5 Å². The molecule has 1 aliphatic heterocycles. The summed E-state index contributed by atoms with van der Waals surface area (Å²) < 4.78 is 11.6. The molecule has 1 fully saturated rings. The SMILES string of the molecule is Cc1ccnc(N2C[C@H](COCC(=O)N(C)C)OC(C)(C)C2)n1. The molecule has 1 saturated heterocycles. The van der Waals surface area contributed by atoms with E-state index >= 15 is 0 Å². The minimum absolute atomic E-state index is 0.0565. The first-order chi connectivity index (χ1) is 10.8. The van der Waals surface area contributed by atoms with Crippen molar-refractivity contribution in [3.05, 3.63) is 18.0 Å². The Morgan fingerprint density at radius 1 is 1.52 bits per heavy atom. The second-order valence-corrected chi connectivity index (χ2v) is 6.68. The van der Waals surface area contributed by atoms with Crippen LogP contribution in [0.3, 0.4) is 0 Å². The number of rotatable bonds is 5. The minimum atomic E-state index is -0.328. The number of morpholine rings is 1.